The van der Waals surface area contributed by atoms with Gasteiger partial charge in [-0.1, -0.05) is 50.6 Å². The number of aliphatic hydroxyl groups is 1. The Morgan fingerprint density at radius 1 is 1.08 bits per heavy atom. The topological polar surface area (TPSA) is 108 Å². The number of likely N-dealkylation sites (tertiary alicyclic amines) is 1. The van der Waals surface area contributed by atoms with Crippen LogP contribution in [0.25, 0.3) is 10.8 Å². The van der Waals surface area contributed by atoms with Crippen LogP contribution in [-0.4, -0.2) is 58.2 Å². The fourth-order valence-corrected chi connectivity index (χ4v) is 4.41. The van der Waals surface area contributed by atoms with Crippen molar-refractivity contribution in [2.75, 3.05) is 6.54 Å². The zero-order valence-corrected chi connectivity index (χ0v) is 22.5. The van der Waals surface area contributed by atoms with Gasteiger partial charge in [-0.25, -0.2) is 4.79 Å². The molecule has 3 N–H and O–H groups in total. The number of hydrogen-bond donors (Lipinski definition) is 3. The van der Waals surface area contributed by atoms with Gasteiger partial charge in [-0.05, 0) is 60.7 Å². The number of ether oxygens (including phenoxy) is 1. The first-order chi connectivity index (χ1) is 16.6. The maximum atomic E-state index is 13.6. The van der Waals surface area contributed by atoms with E-state index in [0.717, 1.165) is 16.3 Å². The van der Waals surface area contributed by atoms with E-state index in [1.54, 1.807) is 20.8 Å². The van der Waals surface area contributed by atoms with Crippen LogP contribution in [0.1, 0.15) is 53.5 Å². The van der Waals surface area contributed by atoms with Crippen molar-refractivity contribution in [2.24, 2.45) is 5.41 Å². The Balaban J connectivity index is 1.72. The van der Waals surface area contributed by atoms with Crippen molar-refractivity contribution in [2.45, 2.75) is 78.3 Å². The number of rotatable bonds is 5. The number of halogens is 1. The Morgan fingerprint density at radius 2 is 1.72 bits per heavy atom. The smallest absolute Gasteiger partial charge is 0.408 e. The van der Waals surface area contributed by atoms with Crippen LogP contribution in [0.5, 0.6) is 0 Å². The zero-order valence-electron chi connectivity index (χ0n) is 21.7. The first-order valence-corrected chi connectivity index (χ1v) is 12.5. The molecule has 8 nitrogen and oxygen atoms in total. The second-order valence-electron chi connectivity index (χ2n) is 11.4. The van der Waals surface area contributed by atoms with E-state index < -0.39 is 41.2 Å². The van der Waals surface area contributed by atoms with Crippen molar-refractivity contribution >= 4 is 40.3 Å². The average Bonchev–Trinajstić information content (AvgIpc) is 3.15. The summed E-state index contributed by atoms with van der Waals surface area (Å²) in [5.41, 5.74) is -0.485. The summed E-state index contributed by atoms with van der Waals surface area (Å²) in [7, 11) is 0. The van der Waals surface area contributed by atoms with Gasteiger partial charge in [0.25, 0.3) is 0 Å². The molecule has 1 aliphatic heterocycles. The summed E-state index contributed by atoms with van der Waals surface area (Å²) >= 11 is 6.05. The summed E-state index contributed by atoms with van der Waals surface area (Å²) in [6, 6.07) is 9.63. The molecule has 2 aromatic rings. The molecule has 3 atom stereocenters. The fourth-order valence-electron chi connectivity index (χ4n) is 4.23. The Hall–Kier alpha value is -2.84. The minimum atomic E-state index is -0.944. The number of β-amino-alcohol motifs (C(OH)–C–C–N with tert-alkyl or cyclic N) is 1. The molecule has 3 amide bonds. The van der Waals surface area contributed by atoms with E-state index in [0.29, 0.717) is 5.02 Å². The van der Waals surface area contributed by atoms with E-state index in [2.05, 4.69) is 10.6 Å². The molecule has 0 radical (unpaired) electrons. The highest BCUT2D eigenvalue weighted by Gasteiger charge is 2.44. The van der Waals surface area contributed by atoms with Crippen LogP contribution in [0.15, 0.2) is 36.4 Å². The van der Waals surface area contributed by atoms with Crippen LogP contribution >= 0.6 is 11.6 Å². The highest BCUT2D eigenvalue weighted by molar-refractivity contribution is 6.31. The van der Waals surface area contributed by atoms with Crippen LogP contribution in [0.3, 0.4) is 0 Å². The second kappa shape index (κ2) is 10.6. The molecule has 196 valence electrons. The largest absolute Gasteiger partial charge is 0.444 e. The molecular formula is C27H36ClN3O5. The van der Waals surface area contributed by atoms with Crippen LogP contribution in [0, 0.1) is 5.41 Å². The average molecular weight is 518 g/mol. The number of carbonyl (C=O) groups excluding carboxylic acids is 3. The third kappa shape index (κ3) is 7.11. The Labute approximate surface area is 217 Å². The minimum Gasteiger partial charge on any atom is -0.444 e. The van der Waals surface area contributed by atoms with Gasteiger partial charge in [0.15, 0.2) is 0 Å². The molecule has 9 heteroatoms. The summed E-state index contributed by atoms with van der Waals surface area (Å²) in [5.74, 6) is -0.798. The number of benzene rings is 2. The maximum absolute atomic E-state index is 13.6. The molecule has 0 unspecified atom stereocenters. The van der Waals surface area contributed by atoms with Crippen molar-refractivity contribution in [1.82, 2.24) is 15.5 Å². The first kappa shape index (κ1) is 27.7. The monoisotopic (exact) mass is 517 g/mol. The Bertz CT molecular complexity index is 1140. The van der Waals surface area contributed by atoms with E-state index in [1.807, 2.05) is 57.2 Å². The summed E-state index contributed by atoms with van der Waals surface area (Å²) < 4.78 is 5.34. The number of nitrogens with one attached hydrogen (secondary N) is 2. The van der Waals surface area contributed by atoms with Gasteiger partial charge >= 0.3 is 6.09 Å². The number of amides is 3. The molecule has 0 bridgehead atoms. The Kier molecular flexibility index (Phi) is 8.20. The lowest BCUT2D eigenvalue weighted by atomic mass is 9.85. The van der Waals surface area contributed by atoms with Gasteiger partial charge in [0.05, 0.1) is 6.10 Å². The molecule has 0 saturated carbocycles. The molecule has 1 saturated heterocycles. The highest BCUT2D eigenvalue weighted by Crippen LogP contribution is 2.27. The van der Waals surface area contributed by atoms with E-state index >= 15 is 0 Å². The van der Waals surface area contributed by atoms with Gasteiger partial charge in [0.2, 0.25) is 11.8 Å². The minimum absolute atomic E-state index is 0.0102. The summed E-state index contributed by atoms with van der Waals surface area (Å²) in [6.07, 6.45) is -1.43. The van der Waals surface area contributed by atoms with E-state index in [-0.39, 0.29) is 25.4 Å². The van der Waals surface area contributed by atoms with Crippen LogP contribution < -0.4 is 10.6 Å². The predicted octanol–water partition coefficient (Wildman–Crippen LogP) is 4.01. The van der Waals surface area contributed by atoms with Crippen molar-refractivity contribution in [3.05, 3.63) is 47.0 Å². The number of fused-ring (bicyclic) bond motifs is 1. The van der Waals surface area contributed by atoms with Gasteiger partial charge in [-0.15, -0.1) is 0 Å². The number of alkyl carbamates (subject to hydrolysis) is 1. The molecule has 36 heavy (non-hydrogen) atoms. The molecule has 1 aliphatic rings. The normalized spacial score (nSPS) is 19.2. The summed E-state index contributed by atoms with van der Waals surface area (Å²) in [4.78, 5) is 40.5. The molecule has 1 heterocycles. The number of nitrogens with zero attached hydrogens (tertiary/aromatic N) is 1. The van der Waals surface area contributed by atoms with Crippen molar-refractivity contribution in [3.63, 3.8) is 0 Å². The van der Waals surface area contributed by atoms with Crippen LogP contribution in [-0.2, 0) is 20.9 Å². The predicted molar refractivity (Wildman–Crippen MR) is 140 cm³/mol. The van der Waals surface area contributed by atoms with Crippen molar-refractivity contribution < 1.29 is 24.2 Å². The lowest BCUT2D eigenvalue weighted by Gasteiger charge is -2.35. The van der Waals surface area contributed by atoms with Gasteiger partial charge in [-0.2, -0.15) is 0 Å². The quantitative estimate of drug-likeness (QED) is 0.555. The number of hydrogen-bond acceptors (Lipinski definition) is 5. The number of carbonyl (C=O) groups is 3. The number of aliphatic hydroxyl groups excluding tert-OH is 1. The van der Waals surface area contributed by atoms with Gasteiger partial charge in [-0.3, -0.25) is 9.59 Å². The summed E-state index contributed by atoms with van der Waals surface area (Å²) in [6.45, 7) is 11.0. The Morgan fingerprint density at radius 3 is 2.36 bits per heavy atom. The SMILES string of the molecule is CC(C)(C)OC(=O)N[C@H](C(=O)N1C[C@H](O)C[C@H]1C(=O)NCc1ccc2cc(Cl)ccc2c1)C(C)(C)C. The lowest BCUT2D eigenvalue weighted by molar-refractivity contribution is -0.142. The molecular weight excluding hydrogens is 482 g/mol. The van der Waals surface area contributed by atoms with E-state index in [4.69, 9.17) is 16.3 Å². The maximum Gasteiger partial charge on any atom is 0.408 e. The van der Waals surface area contributed by atoms with E-state index in [9.17, 15) is 19.5 Å². The highest BCUT2D eigenvalue weighted by atomic mass is 35.5. The van der Waals surface area contributed by atoms with E-state index in [1.165, 1.54) is 4.90 Å². The van der Waals surface area contributed by atoms with Gasteiger partial charge in [0, 0.05) is 24.5 Å². The third-order valence-electron chi connectivity index (χ3n) is 5.97. The van der Waals surface area contributed by atoms with Crippen LogP contribution in [0.4, 0.5) is 4.79 Å². The molecule has 0 aliphatic carbocycles. The summed E-state index contributed by atoms with van der Waals surface area (Å²) in [5, 5.41) is 18.5. The molecule has 0 spiro atoms. The van der Waals surface area contributed by atoms with Crippen molar-refractivity contribution in [1.29, 1.82) is 0 Å². The molecule has 3 rings (SSSR count). The zero-order chi connectivity index (χ0) is 26.8. The molecule has 2 aromatic carbocycles. The van der Waals surface area contributed by atoms with Crippen molar-refractivity contribution in [3.8, 4) is 0 Å². The molecule has 0 aromatic heterocycles. The fraction of sp³-hybridized carbons (Fsp3) is 0.519. The van der Waals surface area contributed by atoms with Gasteiger partial charge < -0.3 is 25.4 Å². The molecule has 1 fully saturated rings. The second-order valence-corrected chi connectivity index (χ2v) is 11.8. The van der Waals surface area contributed by atoms with Gasteiger partial charge in [0.1, 0.15) is 17.7 Å². The third-order valence-corrected chi connectivity index (χ3v) is 6.21. The lowest BCUT2D eigenvalue weighted by Crippen LogP contribution is -2.58. The van der Waals surface area contributed by atoms with Crippen LogP contribution in [0.2, 0.25) is 5.02 Å². The standard InChI is InChI=1S/C27H36ClN3O5/c1-26(2,3)22(30-25(35)36-27(4,5)6)24(34)31-15-20(32)13-21(31)23(33)29-14-16-7-8-18-12-19(28)10-9-17(18)11-16/h7-12,20-22,32H,13-15H2,1-6H3,(H,29,33)(H,30,35)/t20-,21+,22-/m1/s1. The first-order valence-electron chi connectivity index (χ1n) is 12.1.